The first-order chi connectivity index (χ1) is 8.35. The number of aryl methyl sites for hydroxylation is 2. The molecule has 2 heterocycles. The first-order valence-electron chi connectivity index (χ1n) is 5.59. The summed E-state index contributed by atoms with van der Waals surface area (Å²) in [4.78, 5) is 11.3. The molecule has 1 saturated heterocycles. The van der Waals surface area contributed by atoms with Gasteiger partial charge in [-0.15, -0.1) is 0 Å². The van der Waals surface area contributed by atoms with Crippen LogP contribution in [0.3, 0.4) is 0 Å². The number of rotatable bonds is 3. The summed E-state index contributed by atoms with van der Waals surface area (Å²) in [5.41, 5.74) is 5.52. The molecule has 0 radical (unpaired) electrons. The maximum absolute atomic E-state index is 12.5. The second-order valence-electron chi connectivity index (χ2n) is 4.33. The van der Waals surface area contributed by atoms with Crippen LogP contribution in [0, 0.1) is 13.8 Å². The second kappa shape index (κ2) is 4.36. The smallest absolute Gasteiger partial charge is 0.249 e. The van der Waals surface area contributed by atoms with Crippen LogP contribution < -0.4 is 5.73 Å². The van der Waals surface area contributed by atoms with E-state index in [9.17, 15) is 13.2 Å². The fourth-order valence-electron chi connectivity index (χ4n) is 2.27. The molecule has 1 amide bonds. The number of nitrogens with two attached hydrogens (primary N) is 1. The van der Waals surface area contributed by atoms with Crippen LogP contribution in [0.25, 0.3) is 0 Å². The van der Waals surface area contributed by atoms with E-state index in [2.05, 4.69) is 5.16 Å². The van der Waals surface area contributed by atoms with Gasteiger partial charge in [0.05, 0.1) is 0 Å². The third kappa shape index (κ3) is 1.91. The summed E-state index contributed by atoms with van der Waals surface area (Å²) in [6.45, 7) is 3.38. The molecule has 0 aliphatic carbocycles. The Bertz CT molecular complexity index is 558. The average Bonchev–Trinajstić information content (AvgIpc) is 2.85. The first-order valence-corrected chi connectivity index (χ1v) is 7.03. The molecule has 1 aromatic rings. The van der Waals surface area contributed by atoms with Crippen LogP contribution >= 0.6 is 0 Å². The van der Waals surface area contributed by atoms with Gasteiger partial charge < -0.3 is 10.3 Å². The molecule has 8 heteroatoms. The molecule has 2 rings (SSSR count). The van der Waals surface area contributed by atoms with Gasteiger partial charge in [0.25, 0.3) is 0 Å². The SMILES string of the molecule is Cc1noc(C)c1S(=O)(=O)N1CCCC1C(N)=O. The Morgan fingerprint density at radius 3 is 2.67 bits per heavy atom. The topological polar surface area (TPSA) is 106 Å². The van der Waals surface area contributed by atoms with Gasteiger partial charge in [0.2, 0.25) is 15.9 Å². The summed E-state index contributed by atoms with van der Waals surface area (Å²) in [5, 5.41) is 3.63. The maximum atomic E-state index is 12.5. The molecule has 1 fully saturated rings. The van der Waals surface area contributed by atoms with Gasteiger partial charge in [-0.3, -0.25) is 4.79 Å². The predicted molar refractivity (Wildman–Crippen MR) is 62.1 cm³/mol. The number of hydrogen-bond acceptors (Lipinski definition) is 5. The van der Waals surface area contributed by atoms with Gasteiger partial charge in [-0.25, -0.2) is 8.42 Å². The van der Waals surface area contributed by atoms with Gasteiger partial charge in [0, 0.05) is 6.54 Å². The fourth-order valence-corrected chi connectivity index (χ4v) is 4.23. The number of nitrogens with zero attached hydrogens (tertiary/aromatic N) is 2. The molecule has 0 bridgehead atoms. The van der Waals surface area contributed by atoms with Crippen molar-refractivity contribution in [2.24, 2.45) is 5.73 Å². The van der Waals surface area contributed by atoms with Crippen molar-refractivity contribution in [1.29, 1.82) is 0 Å². The van der Waals surface area contributed by atoms with Gasteiger partial charge >= 0.3 is 0 Å². The second-order valence-corrected chi connectivity index (χ2v) is 6.16. The van der Waals surface area contributed by atoms with Crippen LogP contribution in [0.15, 0.2) is 9.42 Å². The van der Waals surface area contributed by atoms with E-state index in [1.54, 1.807) is 6.92 Å². The van der Waals surface area contributed by atoms with Crippen molar-refractivity contribution in [3.63, 3.8) is 0 Å². The Balaban J connectivity index is 2.46. The molecule has 7 nitrogen and oxygen atoms in total. The van der Waals surface area contributed by atoms with Gasteiger partial charge in [0.1, 0.15) is 16.6 Å². The lowest BCUT2D eigenvalue weighted by Crippen LogP contribution is -2.43. The van der Waals surface area contributed by atoms with Gasteiger partial charge in [-0.1, -0.05) is 5.16 Å². The van der Waals surface area contributed by atoms with E-state index in [1.165, 1.54) is 6.92 Å². The third-order valence-corrected chi connectivity index (χ3v) is 5.22. The summed E-state index contributed by atoms with van der Waals surface area (Å²) in [6.07, 6.45) is 1.08. The highest BCUT2D eigenvalue weighted by atomic mass is 32.2. The van der Waals surface area contributed by atoms with Crippen molar-refractivity contribution in [2.45, 2.75) is 37.6 Å². The lowest BCUT2D eigenvalue weighted by atomic mass is 10.2. The Morgan fingerprint density at radius 2 is 2.17 bits per heavy atom. The Labute approximate surface area is 105 Å². The third-order valence-electron chi connectivity index (χ3n) is 3.07. The van der Waals surface area contributed by atoms with Crippen LogP contribution in [0.2, 0.25) is 0 Å². The number of aromatic nitrogens is 1. The van der Waals surface area contributed by atoms with E-state index in [0.717, 1.165) is 4.31 Å². The zero-order chi connectivity index (χ0) is 13.5. The van der Waals surface area contributed by atoms with Crippen LogP contribution in [0.4, 0.5) is 0 Å². The van der Waals surface area contributed by atoms with E-state index in [-0.39, 0.29) is 10.7 Å². The van der Waals surface area contributed by atoms with Gasteiger partial charge in [0.15, 0.2) is 5.76 Å². The predicted octanol–water partition coefficient (Wildman–Crippen LogP) is -0.0702. The van der Waals surface area contributed by atoms with E-state index < -0.39 is 22.0 Å². The maximum Gasteiger partial charge on any atom is 0.249 e. The minimum Gasteiger partial charge on any atom is -0.368 e. The van der Waals surface area contributed by atoms with Crippen molar-refractivity contribution in [2.75, 3.05) is 6.54 Å². The standard InChI is InChI=1S/C10H15N3O4S/c1-6-9(7(2)17-12-6)18(15,16)13-5-3-4-8(13)10(11)14/h8H,3-5H2,1-2H3,(H2,11,14). The molecule has 2 N–H and O–H groups in total. The van der Waals surface area contributed by atoms with Crippen LogP contribution in [-0.4, -0.2) is 36.4 Å². The summed E-state index contributed by atoms with van der Waals surface area (Å²) in [6, 6.07) is -0.774. The van der Waals surface area contributed by atoms with Crippen molar-refractivity contribution < 1.29 is 17.7 Å². The van der Waals surface area contributed by atoms with Crippen LogP contribution in [-0.2, 0) is 14.8 Å². The van der Waals surface area contributed by atoms with Gasteiger partial charge in [-0.2, -0.15) is 4.31 Å². The lowest BCUT2D eigenvalue weighted by molar-refractivity contribution is -0.121. The lowest BCUT2D eigenvalue weighted by Gasteiger charge is -2.21. The van der Waals surface area contributed by atoms with Gasteiger partial charge in [-0.05, 0) is 26.7 Å². The highest BCUT2D eigenvalue weighted by Crippen LogP contribution is 2.29. The zero-order valence-corrected chi connectivity index (χ0v) is 11.0. The molecule has 1 aromatic heterocycles. The minimum absolute atomic E-state index is 0.0376. The molecule has 1 aliphatic heterocycles. The fraction of sp³-hybridized carbons (Fsp3) is 0.600. The van der Waals surface area contributed by atoms with E-state index in [0.29, 0.717) is 25.1 Å². The quantitative estimate of drug-likeness (QED) is 0.829. The molecular formula is C10H15N3O4S. The summed E-state index contributed by atoms with van der Waals surface area (Å²) >= 11 is 0. The van der Waals surface area contributed by atoms with Crippen molar-refractivity contribution >= 4 is 15.9 Å². The van der Waals surface area contributed by atoms with Crippen molar-refractivity contribution in [3.8, 4) is 0 Å². The zero-order valence-electron chi connectivity index (χ0n) is 10.2. The molecule has 1 atom stereocenters. The molecular weight excluding hydrogens is 258 g/mol. The summed E-state index contributed by atoms with van der Waals surface area (Å²) in [7, 11) is -3.77. The molecule has 1 unspecified atom stereocenters. The highest BCUT2D eigenvalue weighted by molar-refractivity contribution is 7.89. The van der Waals surface area contributed by atoms with E-state index >= 15 is 0 Å². The molecule has 1 aliphatic rings. The average molecular weight is 273 g/mol. The van der Waals surface area contributed by atoms with Crippen LogP contribution in [0.1, 0.15) is 24.3 Å². The first kappa shape index (κ1) is 13.0. The van der Waals surface area contributed by atoms with Crippen molar-refractivity contribution in [1.82, 2.24) is 9.46 Å². The van der Waals surface area contributed by atoms with Crippen LogP contribution in [0.5, 0.6) is 0 Å². The minimum atomic E-state index is -3.77. The number of carbonyl (C=O) groups is 1. The molecule has 100 valence electrons. The molecule has 18 heavy (non-hydrogen) atoms. The summed E-state index contributed by atoms with van der Waals surface area (Å²) in [5.74, 6) is -0.398. The number of primary amides is 1. The molecule has 0 aromatic carbocycles. The Hall–Kier alpha value is -1.41. The highest BCUT2D eigenvalue weighted by Gasteiger charge is 2.40. The van der Waals surface area contributed by atoms with E-state index in [4.69, 9.17) is 10.3 Å². The summed E-state index contributed by atoms with van der Waals surface area (Å²) < 4.78 is 30.9. The molecule has 0 spiro atoms. The number of sulfonamides is 1. The largest absolute Gasteiger partial charge is 0.368 e. The normalized spacial score (nSPS) is 21.3. The monoisotopic (exact) mass is 273 g/mol. The number of hydrogen-bond donors (Lipinski definition) is 1. The molecule has 0 saturated carbocycles. The Kier molecular flexibility index (Phi) is 3.16. The van der Waals surface area contributed by atoms with E-state index in [1.807, 2.05) is 0 Å². The number of carbonyl (C=O) groups excluding carboxylic acids is 1. The van der Waals surface area contributed by atoms with Crippen molar-refractivity contribution in [3.05, 3.63) is 11.5 Å². The number of amides is 1. The Morgan fingerprint density at radius 1 is 1.50 bits per heavy atom.